The summed E-state index contributed by atoms with van der Waals surface area (Å²) in [4.78, 5) is 28.1. The number of nitrogens with one attached hydrogen (secondary N) is 1. The predicted octanol–water partition coefficient (Wildman–Crippen LogP) is 2.54. The van der Waals surface area contributed by atoms with Gasteiger partial charge in [0.15, 0.2) is 0 Å². The Morgan fingerprint density at radius 3 is 2.64 bits per heavy atom. The first-order valence-electron chi connectivity index (χ1n) is 6.16. The molecule has 0 aliphatic carbocycles. The van der Waals surface area contributed by atoms with E-state index >= 15 is 0 Å². The number of aromatic amines is 1. The number of hydrogen-bond donors (Lipinski definition) is 3. The second-order valence-corrected chi connectivity index (χ2v) is 4.58. The maximum atomic E-state index is 10.9. The summed E-state index contributed by atoms with van der Waals surface area (Å²) in [6.07, 6.45) is 0. The van der Waals surface area contributed by atoms with Crippen LogP contribution in [0.4, 0.5) is 5.69 Å². The number of imidazole rings is 1. The number of nitro groups is 1. The van der Waals surface area contributed by atoms with Crippen molar-refractivity contribution in [1.82, 2.24) is 9.97 Å². The fourth-order valence-electron chi connectivity index (χ4n) is 2.10. The number of hydrogen-bond acceptors (Lipinski definition) is 5. The highest BCUT2D eigenvalue weighted by atomic mass is 16.6. The Kier molecular flexibility index (Phi) is 2.99. The van der Waals surface area contributed by atoms with Crippen LogP contribution in [0.25, 0.3) is 22.4 Å². The van der Waals surface area contributed by atoms with E-state index in [1.807, 2.05) is 0 Å². The number of carbonyl (C=O) groups is 1. The van der Waals surface area contributed by atoms with Gasteiger partial charge in [-0.15, -0.1) is 0 Å². The molecule has 0 bridgehead atoms. The van der Waals surface area contributed by atoms with Gasteiger partial charge in [0.05, 0.1) is 33.1 Å². The van der Waals surface area contributed by atoms with Gasteiger partial charge < -0.3 is 15.2 Å². The van der Waals surface area contributed by atoms with E-state index in [4.69, 9.17) is 5.11 Å². The van der Waals surface area contributed by atoms with Crippen molar-refractivity contribution in [2.75, 3.05) is 0 Å². The second kappa shape index (κ2) is 4.85. The standard InChI is InChI=1S/C14H9N3O5/c18-12-6-8(17(21)22)2-3-9(12)13-15-10-4-1-7(14(19)20)5-11(10)16-13/h1-6,18H,(H,15,16)(H,19,20). The number of carboxylic acid groups (broad SMARTS) is 1. The Hall–Kier alpha value is -3.42. The van der Waals surface area contributed by atoms with E-state index in [-0.39, 0.29) is 17.0 Å². The highest BCUT2D eigenvalue weighted by molar-refractivity contribution is 5.93. The van der Waals surface area contributed by atoms with Gasteiger partial charge in [-0.05, 0) is 24.3 Å². The lowest BCUT2D eigenvalue weighted by Crippen LogP contribution is -1.94. The topological polar surface area (TPSA) is 129 Å². The molecule has 0 saturated heterocycles. The molecule has 22 heavy (non-hydrogen) atoms. The van der Waals surface area contributed by atoms with E-state index in [2.05, 4.69) is 9.97 Å². The van der Waals surface area contributed by atoms with Crippen molar-refractivity contribution in [1.29, 1.82) is 0 Å². The quantitative estimate of drug-likeness (QED) is 0.503. The third-order valence-corrected chi connectivity index (χ3v) is 3.18. The van der Waals surface area contributed by atoms with Crippen molar-refractivity contribution in [3.05, 3.63) is 52.1 Å². The van der Waals surface area contributed by atoms with Crippen LogP contribution in [0, 0.1) is 10.1 Å². The molecule has 0 fully saturated rings. The zero-order valence-electron chi connectivity index (χ0n) is 11.0. The molecule has 0 amide bonds. The first-order chi connectivity index (χ1) is 10.5. The lowest BCUT2D eigenvalue weighted by Gasteiger charge is -2.00. The zero-order valence-corrected chi connectivity index (χ0v) is 11.0. The molecule has 0 aliphatic heterocycles. The third kappa shape index (κ3) is 2.22. The summed E-state index contributed by atoms with van der Waals surface area (Å²) in [6, 6.07) is 8.06. The summed E-state index contributed by atoms with van der Waals surface area (Å²) in [6.45, 7) is 0. The maximum absolute atomic E-state index is 10.9. The Bertz CT molecular complexity index is 916. The highest BCUT2D eigenvalue weighted by Crippen LogP contribution is 2.31. The van der Waals surface area contributed by atoms with Crippen molar-refractivity contribution in [2.24, 2.45) is 0 Å². The summed E-state index contributed by atoms with van der Waals surface area (Å²) >= 11 is 0. The highest BCUT2D eigenvalue weighted by Gasteiger charge is 2.15. The van der Waals surface area contributed by atoms with Gasteiger partial charge in [0.2, 0.25) is 0 Å². The van der Waals surface area contributed by atoms with Gasteiger partial charge in [0.1, 0.15) is 11.6 Å². The molecule has 2 aromatic carbocycles. The van der Waals surface area contributed by atoms with Crippen LogP contribution in [-0.2, 0) is 0 Å². The molecule has 0 atom stereocenters. The number of phenolic OH excluding ortho intramolecular Hbond substituents is 1. The fourth-order valence-corrected chi connectivity index (χ4v) is 2.10. The van der Waals surface area contributed by atoms with Crippen LogP contribution in [0.5, 0.6) is 5.75 Å². The predicted molar refractivity (Wildman–Crippen MR) is 76.8 cm³/mol. The summed E-state index contributed by atoms with van der Waals surface area (Å²) in [5, 5.41) is 29.5. The van der Waals surface area contributed by atoms with Crippen molar-refractivity contribution in [3.8, 4) is 17.1 Å². The van der Waals surface area contributed by atoms with E-state index in [1.165, 1.54) is 24.3 Å². The molecule has 8 nitrogen and oxygen atoms in total. The van der Waals surface area contributed by atoms with Crippen molar-refractivity contribution < 1.29 is 19.9 Å². The molecule has 3 rings (SSSR count). The lowest BCUT2D eigenvalue weighted by atomic mass is 10.1. The summed E-state index contributed by atoms with van der Waals surface area (Å²) in [5.41, 5.74) is 1.19. The Labute approximate surface area is 122 Å². The molecule has 3 N–H and O–H groups in total. The Morgan fingerprint density at radius 1 is 1.23 bits per heavy atom. The minimum absolute atomic E-state index is 0.107. The lowest BCUT2D eigenvalue weighted by molar-refractivity contribution is -0.384. The molecule has 110 valence electrons. The molecule has 1 aromatic heterocycles. The first kappa shape index (κ1) is 13.6. The molecule has 3 aromatic rings. The second-order valence-electron chi connectivity index (χ2n) is 4.58. The van der Waals surface area contributed by atoms with E-state index in [0.29, 0.717) is 22.4 Å². The van der Waals surface area contributed by atoms with Gasteiger partial charge in [-0.2, -0.15) is 0 Å². The van der Waals surface area contributed by atoms with E-state index in [0.717, 1.165) is 6.07 Å². The minimum Gasteiger partial charge on any atom is -0.507 e. The van der Waals surface area contributed by atoms with Crippen LogP contribution < -0.4 is 0 Å². The number of non-ortho nitro benzene ring substituents is 1. The number of fused-ring (bicyclic) bond motifs is 1. The number of aromatic hydroxyl groups is 1. The van der Waals surface area contributed by atoms with Crippen molar-refractivity contribution >= 4 is 22.7 Å². The third-order valence-electron chi connectivity index (χ3n) is 3.18. The number of H-pyrrole nitrogens is 1. The van der Waals surface area contributed by atoms with Gasteiger partial charge in [0, 0.05) is 6.07 Å². The molecular weight excluding hydrogens is 290 g/mol. The average Bonchev–Trinajstić information content (AvgIpc) is 2.89. The number of phenols is 1. The van der Waals surface area contributed by atoms with Crippen LogP contribution in [0.3, 0.4) is 0 Å². The fraction of sp³-hybridized carbons (Fsp3) is 0. The van der Waals surface area contributed by atoms with Crippen LogP contribution in [0.2, 0.25) is 0 Å². The summed E-state index contributed by atoms with van der Waals surface area (Å²) in [5.74, 6) is -1.05. The SMILES string of the molecule is O=C(O)c1ccc2nc(-c3ccc([N+](=O)[O-])cc3O)[nH]c2c1. The molecule has 0 spiro atoms. The number of carboxylic acids is 1. The molecule has 0 saturated carbocycles. The maximum Gasteiger partial charge on any atom is 0.335 e. The monoisotopic (exact) mass is 299 g/mol. The van der Waals surface area contributed by atoms with Gasteiger partial charge in [-0.1, -0.05) is 0 Å². The van der Waals surface area contributed by atoms with Crippen LogP contribution >= 0.6 is 0 Å². The van der Waals surface area contributed by atoms with Gasteiger partial charge in [-0.3, -0.25) is 10.1 Å². The zero-order chi connectivity index (χ0) is 15.9. The average molecular weight is 299 g/mol. The first-order valence-corrected chi connectivity index (χ1v) is 6.16. The number of nitro benzene ring substituents is 1. The van der Waals surface area contributed by atoms with Crippen molar-refractivity contribution in [2.45, 2.75) is 0 Å². The van der Waals surface area contributed by atoms with Gasteiger partial charge >= 0.3 is 5.97 Å². The Morgan fingerprint density at radius 2 is 2.00 bits per heavy atom. The Balaban J connectivity index is 2.10. The smallest absolute Gasteiger partial charge is 0.335 e. The van der Waals surface area contributed by atoms with Crippen LogP contribution in [0.15, 0.2) is 36.4 Å². The van der Waals surface area contributed by atoms with Gasteiger partial charge in [0.25, 0.3) is 5.69 Å². The minimum atomic E-state index is -1.06. The normalized spacial score (nSPS) is 10.7. The molecule has 0 unspecified atom stereocenters. The van der Waals surface area contributed by atoms with E-state index < -0.39 is 10.9 Å². The van der Waals surface area contributed by atoms with E-state index in [9.17, 15) is 20.0 Å². The van der Waals surface area contributed by atoms with Crippen LogP contribution in [0.1, 0.15) is 10.4 Å². The largest absolute Gasteiger partial charge is 0.507 e. The van der Waals surface area contributed by atoms with Gasteiger partial charge in [-0.25, -0.2) is 9.78 Å². The molecule has 0 radical (unpaired) electrons. The molecule has 0 aliphatic rings. The van der Waals surface area contributed by atoms with Crippen molar-refractivity contribution in [3.63, 3.8) is 0 Å². The number of rotatable bonds is 3. The number of aromatic nitrogens is 2. The number of aromatic carboxylic acids is 1. The number of nitrogens with zero attached hydrogens (tertiary/aromatic N) is 2. The summed E-state index contributed by atoms with van der Waals surface area (Å²) in [7, 11) is 0. The molecule has 1 heterocycles. The number of benzene rings is 2. The molecular formula is C14H9N3O5. The van der Waals surface area contributed by atoms with E-state index in [1.54, 1.807) is 6.07 Å². The summed E-state index contributed by atoms with van der Waals surface area (Å²) < 4.78 is 0. The van der Waals surface area contributed by atoms with Crippen LogP contribution in [-0.4, -0.2) is 31.1 Å². The molecule has 8 heteroatoms.